The fourth-order valence-electron chi connectivity index (χ4n) is 2.48. The first-order valence-electron chi connectivity index (χ1n) is 7.02. The van der Waals surface area contributed by atoms with Crippen molar-refractivity contribution in [1.82, 2.24) is 10.2 Å². The Kier molecular flexibility index (Phi) is 5.70. The summed E-state index contributed by atoms with van der Waals surface area (Å²) in [5.74, 6) is 0.344. The average Bonchev–Trinajstić information content (AvgIpc) is 2.92. The van der Waals surface area contributed by atoms with E-state index in [0.717, 1.165) is 6.54 Å². The third kappa shape index (κ3) is 4.37. The smallest absolute Gasteiger partial charge is 0.251 e. The lowest BCUT2D eigenvalue weighted by molar-refractivity contribution is 0.0945. The maximum absolute atomic E-state index is 12.0. The van der Waals surface area contributed by atoms with E-state index in [4.69, 9.17) is 23.2 Å². The molecule has 1 fully saturated rings. The lowest BCUT2D eigenvalue weighted by atomic mass is 10.1. The van der Waals surface area contributed by atoms with E-state index in [2.05, 4.69) is 17.1 Å². The molecular weight excluding hydrogens is 295 g/mol. The maximum Gasteiger partial charge on any atom is 0.251 e. The summed E-state index contributed by atoms with van der Waals surface area (Å²) < 4.78 is 0. The van der Waals surface area contributed by atoms with Crippen LogP contribution in [0.3, 0.4) is 0 Å². The van der Waals surface area contributed by atoms with Gasteiger partial charge >= 0.3 is 0 Å². The second-order valence-electron chi connectivity index (χ2n) is 5.45. The van der Waals surface area contributed by atoms with Crippen molar-refractivity contribution in [3.05, 3.63) is 33.8 Å². The molecule has 3 nitrogen and oxygen atoms in total. The summed E-state index contributed by atoms with van der Waals surface area (Å²) in [5.41, 5.74) is 0.549. The maximum atomic E-state index is 12.0. The summed E-state index contributed by atoms with van der Waals surface area (Å²) in [4.78, 5) is 14.5. The van der Waals surface area contributed by atoms with Crippen molar-refractivity contribution >= 4 is 29.1 Å². The van der Waals surface area contributed by atoms with Crippen LogP contribution in [0.1, 0.15) is 30.1 Å². The van der Waals surface area contributed by atoms with Crippen molar-refractivity contribution < 1.29 is 4.79 Å². The Morgan fingerprint density at radius 2 is 2.00 bits per heavy atom. The third-order valence-electron chi connectivity index (χ3n) is 3.56. The fraction of sp³-hybridized carbons (Fsp3) is 0.533. The number of rotatable bonds is 5. The van der Waals surface area contributed by atoms with Crippen molar-refractivity contribution in [2.45, 2.75) is 19.8 Å². The zero-order valence-electron chi connectivity index (χ0n) is 11.7. The lowest BCUT2D eigenvalue weighted by Crippen LogP contribution is -2.34. The van der Waals surface area contributed by atoms with Gasteiger partial charge in [0, 0.05) is 18.7 Å². The number of nitrogens with zero attached hydrogens (tertiary/aromatic N) is 1. The van der Waals surface area contributed by atoms with Crippen molar-refractivity contribution in [1.29, 1.82) is 0 Å². The third-order valence-corrected chi connectivity index (χ3v) is 4.30. The van der Waals surface area contributed by atoms with E-state index in [1.165, 1.54) is 25.9 Å². The van der Waals surface area contributed by atoms with Gasteiger partial charge in [0.15, 0.2) is 0 Å². The molecule has 0 saturated carbocycles. The largest absolute Gasteiger partial charge is 0.352 e. The zero-order chi connectivity index (χ0) is 14.5. The van der Waals surface area contributed by atoms with Crippen LogP contribution in [0.2, 0.25) is 10.0 Å². The number of benzene rings is 1. The topological polar surface area (TPSA) is 32.3 Å². The first-order valence-corrected chi connectivity index (χ1v) is 7.77. The Morgan fingerprint density at radius 1 is 1.30 bits per heavy atom. The van der Waals surface area contributed by atoms with Gasteiger partial charge in [0.1, 0.15) is 0 Å². The minimum Gasteiger partial charge on any atom is -0.352 e. The summed E-state index contributed by atoms with van der Waals surface area (Å²) in [6.45, 7) is 6.25. The number of carbonyl (C=O) groups is 1. The van der Waals surface area contributed by atoms with Crippen molar-refractivity contribution in [3.8, 4) is 0 Å². The molecule has 1 amide bonds. The van der Waals surface area contributed by atoms with E-state index in [1.807, 2.05) is 0 Å². The Morgan fingerprint density at radius 3 is 2.65 bits per heavy atom. The van der Waals surface area contributed by atoms with Gasteiger partial charge < -0.3 is 10.2 Å². The van der Waals surface area contributed by atoms with Gasteiger partial charge in [-0.05, 0) is 50.0 Å². The highest BCUT2D eigenvalue weighted by molar-refractivity contribution is 6.42. The van der Waals surface area contributed by atoms with Crippen molar-refractivity contribution in [3.63, 3.8) is 0 Å². The molecule has 0 aliphatic carbocycles. The second kappa shape index (κ2) is 7.30. The van der Waals surface area contributed by atoms with Crippen LogP contribution in [0.5, 0.6) is 0 Å². The Hall–Kier alpha value is -0.770. The molecule has 1 saturated heterocycles. The van der Waals surface area contributed by atoms with Gasteiger partial charge in [0.05, 0.1) is 10.0 Å². The number of carbonyl (C=O) groups excluding carboxylic acids is 1. The molecule has 2 rings (SSSR count). The molecule has 110 valence electrons. The molecule has 1 atom stereocenters. The molecule has 1 aliphatic rings. The fourth-order valence-corrected chi connectivity index (χ4v) is 2.77. The molecule has 0 aromatic heterocycles. The molecule has 1 aliphatic heterocycles. The van der Waals surface area contributed by atoms with Crippen LogP contribution in [0, 0.1) is 5.92 Å². The van der Waals surface area contributed by atoms with Crippen LogP contribution < -0.4 is 5.32 Å². The van der Waals surface area contributed by atoms with E-state index in [1.54, 1.807) is 18.2 Å². The zero-order valence-corrected chi connectivity index (χ0v) is 13.2. The molecule has 0 radical (unpaired) electrons. The van der Waals surface area contributed by atoms with Gasteiger partial charge in [0.2, 0.25) is 0 Å². The van der Waals surface area contributed by atoms with Gasteiger partial charge in [-0.25, -0.2) is 0 Å². The molecule has 1 aromatic rings. The molecule has 20 heavy (non-hydrogen) atoms. The number of hydrogen-bond acceptors (Lipinski definition) is 2. The molecule has 0 bridgehead atoms. The highest BCUT2D eigenvalue weighted by atomic mass is 35.5. The quantitative estimate of drug-likeness (QED) is 0.902. The minimum absolute atomic E-state index is 0.100. The van der Waals surface area contributed by atoms with Gasteiger partial charge in [-0.3, -0.25) is 4.79 Å². The number of halogens is 2. The van der Waals surface area contributed by atoms with Crippen LogP contribution in [0.15, 0.2) is 18.2 Å². The summed E-state index contributed by atoms with van der Waals surface area (Å²) in [6.07, 6.45) is 2.59. The first kappa shape index (κ1) is 15.6. The predicted octanol–water partition coefficient (Wildman–Crippen LogP) is 3.46. The highest BCUT2D eigenvalue weighted by Gasteiger charge is 2.15. The monoisotopic (exact) mass is 314 g/mol. The summed E-state index contributed by atoms with van der Waals surface area (Å²) in [5, 5.41) is 3.82. The first-order chi connectivity index (χ1) is 9.56. The van der Waals surface area contributed by atoms with Gasteiger partial charge in [-0.15, -0.1) is 0 Å². The lowest BCUT2D eigenvalue weighted by Gasteiger charge is -2.20. The van der Waals surface area contributed by atoms with Crippen LogP contribution in [0.25, 0.3) is 0 Å². The van der Waals surface area contributed by atoms with Crippen molar-refractivity contribution in [2.75, 3.05) is 26.2 Å². The van der Waals surface area contributed by atoms with Crippen LogP contribution in [0.4, 0.5) is 0 Å². The number of likely N-dealkylation sites (tertiary alicyclic amines) is 1. The second-order valence-corrected chi connectivity index (χ2v) is 6.27. The normalized spacial score (nSPS) is 17.1. The molecule has 5 heteroatoms. The molecule has 1 heterocycles. The van der Waals surface area contributed by atoms with Crippen molar-refractivity contribution in [2.24, 2.45) is 5.92 Å². The average molecular weight is 315 g/mol. The summed E-state index contributed by atoms with van der Waals surface area (Å²) in [7, 11) is 0. The molecule has 1 aromatic carbocycles. The van der Waals surface area contributed by atoms with Crippen LogP contribution in [-0.2, 0) is 0 Å². The van der Waals surface area contributed by atoms with Crippen LogP contribution >= 0.6 is 23.2 Å². The predicted molar refractivity (Wildman–Crippen MR) is 83.6 cm³/mol. The number of nitrogens with one attached hydrogen (secondary N) is 1. The molecule has 0 spiro atoms. The van der Waals surface area contributed by atoms with E-state index in [9.17, 15) is 4.79 Å². The van der Waals surface area contributed by atoms with E-state index >= 15 is 0 Å². The van der Waals surface area contributed by atoms with Gasteiger partial charge in [-0.2, -0.15) is 0 Å². The SMILES string of the molecule is CC(CNC(=O)c1ccc(Cl)c(Cl)c1)CN1CCCC1. The molecular formula is C15H20Cl2N2O. The Bertz CT molecular complexity index is 473. The molecule has 1 N–H and O–H groups in total. The standard InChI is InChI=1S/C15H20Cl2N2O/c1-11(10-19-6-2-3-7-19)9-18-15(20)12-4-5-13(16)14(17)8-12/h4-5,8,11H,2-3,6-7,9-10H2,1H3,(H,18,20). The van der Waals surface area contributed by atoms with Crippen LogP contribution in [-0.4, -0.2) is 37.0 Å². The number of hydrogen-bond donors (Lipinski definition) is 1. The highest BCUT2D eigenvalue weighted by Crippen LogP contribution is 2.22. The summed E-state index contributed by atoms with van der Waals surface area (Å²) in [6, 6.07) is 4.94. The van der Waals surface area contributed by atoms with Gasteiger partial charge in [0.25, 0.3) is 5.91 Å². The molecule has 1 unspecified atom stereocenters. The Balaban J connectivity index is 1.80. The van der Waals surface area contributed by atoms with E-state index < -0.39 is 0 Å². The Labute approximate surface area is 130 Å². The van der Waals surface area contributed by atoms with E-state index in [-0.39, 0.29) is 5.91 Å². The summed E-state index contributed by atoms with van der Waals surface area (Å²) >= 11 is 11.8. The van der Waals surface area contributed by atoms with E-state index in [0.29, 0.717) is 28.1 Å². The number of amides is 1. The minimum atomic E-state index is -0.100. The van der Waals surface area contributed by atoms with Gasteiger partial charge in [-0.1, -0.05) is 30.1 Å².